The van der Waals surface area contributed by atoms with E-state index in [2.05, 4.69) is 42.7 Å². The first-order valence-electron chi connectivity index (χ1n) is 7.21. The summed E-state index contributed by atoms with van der Waals surface area (Å²) in [6, 6.07) is 0. The predicted molar refractivity (Wildman–Crippen MR) is 81.2 cm³/mol. The van der Waals surface area contributed by atoms with Crippen LogP contribution in [0.3, 0.4) is 0 Å². The van der Waals surface area contributed by atoms with Gasteiger partial charge in [0.2, 0.25) is 0 Å². The first-order valence-corrected chi connectivity index (χ1v) is 8.37. The second-order valence-corrected chi connectivity index (χ2v) is 7.52. The second-order valence-electron chi connectivity index (χ2n) is 6.41. The number of hydrogen-bond acceptors (Lipinski definition) is 4. The van der Waals surface area contributed by atoms with Gasteiger partial charge < -0.3 is 10.6 Å². The summed E-state index contributed by atoms with van der Waals surface area (Å²) in [6.07, 6.45) is 6.67. The van der Waals surface area contributed by atoms with Gasteiger partial charge >= 0.3 is 0 Å². The summed E-state index contributed by atoms with van der Waals surface area (Å²) in [5, 5.41) is 0. The molecule has 4 heteroatoms. The molecule has 0 bridgehead atoms. The molecule has 1 saturated carbocycles. The Bertz CT molecular complexity index is 270. The molecule has 0 radical (unpaired) electrons. The lowest BCUT2D eigenvalue weighted by atomic mass is 9.74. The molecule has 2 rings (SSSR count). The van der Waals surface area contributed by atoms with Crippen molar-refractivity contribution in [3.8, 4) is 0 Å². The normalized spacial score (nSPS) is 31.7. The van der Waals surface area contributed by atoms with Crippen LogP contribution in [0, 0.1) is 0 Å². The molecule has 2 N–H and O–H groups in total. The van der Waals surface area contributed by atoms with E-state index in [4.69, 9.17) is 5.73 Å². The Hall–Kier alpha value is 0.230. The van der Waals surface area contributed by atoms with Crippen LogP contribution in [0.1, 0.15) is 32.1 Å². The van der Waals surface area contributed by atoms with Gasteiger partial charge in [-0.1, -0.05) is 0 Å². The van der Waals surface area contributed by atoms with E-state index in [0.717, 1.165) is 6.54 Å². The van der Waals surface area contributed by atoms with Crippen molar-refractivity contribution >= 4 is 11.8 Å². The van der Waals surface area contributed by atoms with Crippen LogP contribution in [-0.2, 0) is 0 Å². The summed E-state index contributed by atoms with van der Waals surface area (Å²) < 4.78 is 0. The number of nitrogens with zero attached hydrogens (tertiary/aromatic N) is 2. The fourth-order valence-electron chi connectivity index (χ4n) is 3.40. The molecule has 1 atom stereocenters. The Morgan fingerprint density at radius 3 is 2.11 bits per heavy atom. The second kappa shape index (κ2) is 5.70. The van der Waals surface area contributed by atoms with Gasteiger partial charge in [0.1, 0.15) is 0 Å². The van der Waals surface area contributed by atoms with Crippen molar-refractivity contribution in [2.24, 2.45) is 5.73 Å². The Morgan fingerprint density at radius 2 is 1.72 bits per heavy atom. The monoisotopic (exact) mass is 271 g/mol. The molecule has 2 fully saturated rings. The molecular formula is C14H29N3S. The summed E-state index contributed by atoms with van der Waals surface area (Å²) in [5.41, 5.74) is 6.79. The van der Waals surface area contributed by atoms with Crippen LogP contribution >= 0.6 is 11.8 Å². The minimum atomic E-state index is 0.252. The van der Waals surface area contributed by atoms with Gasteiger partial charge in [0.25, 0.3) is 0 Å². The zero-order chi connectivity index (χ0) is 13.2. The smallest absolute Gasteiger partial charge is 0.0419 e. The summed E-state index contributed by atoms with van der Waals surface area (Å²) >= 11 is 2.08. The van der Waals surface area contributed by atoms with Gasteiger partial charge in [-0.3, -0.25) is 4.90 Å². The minimum absolute atomic E-state index is 0.252. The van der Waals surface area contributed by atoms with Crippen molar-refractivity contribution in [3.63, 3.8) is 0 Å². The lowest BCUT2D eigenvalue weighted by Gasteiger charge is -2.53. The maximum absolute atomic E-state index is 6.12. The fourth-order valence-corrected chi connectivity index (χ4v) is 4.75. The van der Waals surface area contributed by atoms with E-state index in [1.807, 2.05) is 0 Å². The van der Waals surface area contributed by atoms with Crippen molar-refractivity contribution < 1.29 is 0 Å². The lowest BCUT2D eigenvalue weighted by molar-refractivity contribution is -0.00474. The Labute approximate surface area is 116 Å². The molecule has 1 heterocycles. The number of rotatable bonds is 5. The summed E-state index contributed by atoms with van der Waals surface area (Å²) in [4.78, 5) is 5.02. The predicted octanol–water partition coefficient (Wildman–Crippen LogP) is 1.63. The topological polar surface area (TPSA) is 32.5 Å². The third-order valence-electron chi connectivity index (χ3n) is 5.26. The van der Waals surface area contributed by atoms with Gasteiger partial charge in [-0.2, -0.15) is 11.8 Å². The minimum Gasteiger partial charge on any atom is -0.329 e. The van der Waals surface area contributed by atoms with Gasteiger partial charge in [-0.15, -0.1) is 0 Å². The molecule has 2 aliphatic rings. The maximum atomic E-state index is 6.12. The fraction of sp³-hybridized carbons (Fsp3) is 1.00. The summed E-state index contributed by atoms with van der Waals surface area (Å²) in [7, 11) is 6.76. The van der Waals surface area contributed by atoms with E-state index in [9.17, 15) is 0 Å². The van der Waals surface area contributed by atoms with Crippen LogP contribution in [0.4, 0.5) is 0 Å². The van der Waals surface area contributed by atoms with Crippen LogP contribution in [0.15, 0.2) is 0 Å². The van der Waals surface area contributed by atoms with Crippen LogP contribution < -0.4 is 5.73 Å². The number of thioether (sulfide) groups is 1. The summed E-state index contributed by atoms with van der Waals surface area (Å²) in [5.74, 6) is 2.53. The first-order chi connectivity index (χ1) is 8.55. The SMILES string of the molecule is CN(C)C1(CN(C)C2(CN)CCCSC2)CCC1. The average molecular weight is 271 g/mol. The third-order valence-corrected chi connectivity index (χ3v) is 6.57. The van der Waals surface area contributed by atoms with E-state index in [-0.39, 0.29) is 5.54 Å². The molecule has 1 aliphatic carbocycles. The zero-order valence-electron chi connectivity index (χ0n) is 12.2. The number of hydrogen-bond donors (Lipinski definition) is 1. The van der Waals surface area contributed by atoms with Crippen LogP contribution in [0.2, 0.25) is 0 Å². The van der Waals surface area contributed by atoms with Crippen molar-refractivity contribution in [1.82, 2.24) is 9.80 Å². The highest BCUT2D eigenvalue weighted by Crippen LogP contribution is 2.39. The molecule has 0 aromatic carbocycles. The Kier molecular flexibility index (Phi) is 4.63. The highest BCUT2D eigenvalue weighted by atomic mass is 32.2. The van der Waals surface area contributed by atoms with Crippen molar-refractivity contribution in [1.29, 1.82) is 0 Å². The molecule has 1 saturated heterocycles. The molecule has 0 aromatic heterocycles. The van der Waals surface area contributed by atoms with E-state index < -0.39 is 0 Å². The van der Waals surface area contributed by atoms with Crippen LogP contribution in [0.5, 0.6) is 0 Å². The van der Waals surface area contributed by atoms with Crippen molar-refractivity contribution in [3.05, 3.63) is 0 Å². The van der Waals surface area contributed by atoms with Gasteiger partial charge in [0.15, 0.2) is 0 Å². The molecule has 18 heavy (non-hydrogen) atoms. The average Bonchev–Trinajstić information content (AvgIpc) is 2.33. The van der Waals surface area contributed by atoms with E-state index in [0.29, 0.717) is 5.54 Å². The van der Waals surface area contributed by atoms with Gasteiger partial charge in [-0.05, 0) is 59.0 Å². The molecule has 106 valence electrons. The van der Waals surface area contributed by atoms with E-state index in [1.54, 1.807) is 0 Å². The van der Waals surface area contributed by atoms with Crippen LogP contribution in [0.25, 0.3) is 0 Å². The zero-order valence-corrected chi connectivity index (χ0v) is 13.1. The van der Waals surface area contributed by atoms with Gasteiger partial charge in [0, 0.05) is 29.9 Å². The molecule has 1 aliphatic heterocycles. The quantitative estimate of drug-likeness (QED) is 0.824. The molecular weight excluding hydrogens is 242 g/mol. The number of nitrogens with two attached hydrogens (primary N) is 1. The molecule has 3 nitrogen and oxygen atoms in total. The van der Waals surface area contributed by atoms with Gasteiger partial charge in [0.05, 0.1) is 0 Å². The summed E-state index contributed by atoms with van der Waals surface area (Å²) in [6.45, 7) is 1.98. The van der Waals surface area contributed by atoms with Crippen molar-refractivity contribution in [2.75, 3.05) is 45.7 Å². The first kappa shape index (κ1) is 14.6. The standard InChI is InChI=1S/C14H29N3S/c1-16(2)13(6-4-7-13)11-17(3)14(10-15)8-5-9-18-12-14/h4-12,15H2,1-3H3. The highest BCUT2D eigenvalue weighted by Gasteiger charge is 2.44. The lowest BCUT2D eigenvalue weighted by Crippen LogP contribution is -2.64. The van der Waals surface area contributed by atoms with Crippen LogP contribution in [-0.4, -0.2) is 66.6 Å². The van der Waals surface area contributed by atoms with E-state index in [1.165, 1.54) is 50.2 Å². The number of likely N-dealkylation sites (N-methyl/N-ethyl adjacent to an activating group) is 2. The Balaban J connectivity index is 2.03. The third kappa shape index (κ3) is 2.58. The molecule has 1 unspecified atom stereocenters. The Morgan fingerprint density at radius 1 is 1.06 bits per heavy atom. The molecule has 0 amide bonds. The molecule has 0 spiro atoms. The molecule has 0 aromatic rings. The van der Waals surface area contributed by atoms with Crippen molar-refractivity contribution in [2.45, 2.75) is 43.2 Å². The maximum Gasteiger partial charge on any atom is 0.0419 e. The van der Waals surface area contributed by atoms with Gasteiger partial charge in [-0.25, -0.2) is 0 Å². The van der Waals surface area contributed by atoms with E-state index >= 15 is 0 Å². The largest absolute Gasteiger partial charge is 0.329 e. The highest BCUT2D eigenvalue weighted by molar-refractivity contribution is 7.99.